The van der Waals surface area contributed by atoms with Crippen molar-refractivity contribution in [3.8, 4) is 0 Å². The maximum absolute atomic E-state index is 11.7. The van der Waals surface area contributed by atoms with E-state index in [4.69, 9.17) is 10.5 Å². The summed E-state index contributed by atoms with van der Waals surface area (Å²) in [5.41, 5.74) is 7.73. The monoisotopic (exact) mass is 281 g/mol. The predicted molar refractivity (Wildman–Crippen MR) is 81.3 cm³/mol. The fraction of sp³-hybridized carbons (Fsp3) is 0.533. The van der Waals surface area contributed by atoms with Crippen molar-refractivity contribution in [2.24, 2.45) is 5.73 Å². The molecular weight excluding hydrogens is 258 g/mol. The molecule has 0 heterocycles. The van der Waals surface area contributed by atoms with Crippen molar-refractivity contribution in [2.45, 2.75) is 38.5 Å². The third kappa shape index (κ3) is 6.12. The van der Waals surface area contributed by atoms with E-state index in [1.807, 2.05) is 20.8 Å². The van der Waals surface area contributed by atoms with Crippen LogP contribution in [0.15, 0.2) is 24.3 Å². The van der Waals surface area contributed by atoms with Gasteiger partial charge in [-0.3, -0.25) is 4.79 Å². The molecule has 1 atom stereocenters. The van der Waals surface area contributed by atoms with Crippen molar-refractivity contribution in [3.05, 3.63) is 35.4 Å². The van der Waals surface area contributed by atoms with E-state index in [0.717, 1.165) is 5.56 Å². The zero-order chi connectivity index (χ0) is 14.5. The van der Waals surface area contributed by atoms with Gasteiger partial charge in [-0.2, -0.15) is 0 Å². The zero-order valence-corrected chi connectivity index (χ0v) is 12.9. The molecule has 19 heavy (non-hydrogen) atoms. The van der Waals surface area contributed by atoms with E-state index in [2.05, 4.69) is 31.2 Å². The second-order valence-electron chi connectivity index (χ2n) is 5.53. The number of ether oxygens (including phenoxy) is 1. The van der Waals surface area contributed by atoms with Crippen molar-refractivity contribution >= 4 is 17.7 Å². The van der Waals surface area contributed by atoms with E-state index in [1.165, 1.54) is 17.3 Å². The van der Waals surface area contributed by atoms with Gasteiger partial charge in [-0.15, -0.1) is 11.8 Å². The first-order valence-electron chi connectivity index (χ1n) is 6.42. The third-order valence-electron chi connectivity index (χ3n) is 2.49. The van der Waals surface area contributed by atoms with E-state index < -0.39 is 5.60 Å². The first-order valence-corrected chi connectivity index (χ1v) is 7.47. The first kappa shape index (κ1) is 16.1. The van der Waals surface area contributed by atoms with Crippen LogP contribution in [-0.2, 0) is 9.53 Å². The SMILES string of the molecule is Cc1ccc(C(CN)SCC(=O)OC(C)(C)C)cc1. The molecule has 0 aliphatic rings. The average molecular weight is 281 g/mol. The number of carbonyl (C=O) groups excluding carboxylic acids is 1. The highest BCUT2D eigenvalue weighted by Crippen LogP contribution is 2.28. The third-order valence-corrected chi connectivity index (χ3v) is 3.75. The maximum Gasteiger partial charge on any atom is 0.316 e. The van der Waals surface area contributed by atoms with Gasteiger partial charge in [0.15, 0.2) is 0 Å². The Kier molecular flexibility index (Phi) is 5.88. The lowest BCUT2D eigenvalue weighted by atomic mass is 10.1. The molecule has 1 unspecified atom stereocenters. The van der Waals surface area contributed by atoms with Gasteiger partial charge in [0.25, 0.3) is 0 Å². The molecule has 0 radical (unpaired) electrons. The van der Waals surface area contributed by atoms with Crippen molar-refractivity contribution < 1.29 is 9.53 Å². The number of hydrogen-bond acceptors (Lipinski definition) is 4. The lowest BCUT2D eigenvalue weighted by Crippen LogP contribution is -2.25. The molecule has 0 aliphatic heterocycles. The van der Waals surface area contributed by atoms with Crippen LogP contribution >= 0.6 is 11.8 Å². The molecule has 0 fully saturated rings. The van der Waals surface area contributed by atoms with Gasteiger partial charge in [-0.05, 0) is 33.3 Å². The molecule has 1 aromatic carbocycles. The number of nitrogens with two attached hydrogens (primary N) is 1. The number of benzene rings is 1. The molecular formula is C15H23NO2S. The van der Waals surface area contributed by atoms with E-state index in [1.54, 1.807) is 0 Å². The second kappa shape index (κ2) is 6.96. The molecule has 1 aromatic rings. The largest absolute Gasteiger partial charge is 0.459 e. The zero-order valence-electron chi connectivity index (χ0n) is 12.1. The van der Waals surface area contributed by atoms with Gasteiger partial charge < -0.3 is 10.5 Å². The van der Waals surface area contributed by atoms with Crippen LogP contribution in [0.25, 0.3) is 0 Å². The van der Waals surface area contributed by atoms with Crippen LogP contribution in [0.3, 0.4) is 0 Å². The van der Waals surface area contributed by atoms with Crippen molar-refractivity contribution in [3.63, 3.8) is 0 Å². The minimum Gasteiger partial charge on any atom is -0.459 e. The summed E-state index contributed by atoms with van der Waals surface area (Å²) in [6.07, 6.45) is 0. The topological polar surface area (TPSA) is 52.3 Å². The fourth-order valence-corrected chi connectivity index (χ4v) is 2.50. The smallest absolute Gasteiger partial charge is 0.316 e. The normalized spacial score (nSPS) is 13.1. The highest BCUT2D eigenvalue weighted by molar-refractivity contribution is 8.00. The molecule has 0 aliphatic carbocycles. The van der Waals surface area contributed by atoms with Gasteiger partial charge in [0.1, 0.15) is 5.60 Å². The molecule has 3 nitrogen and oxygen atoms in total. The van der Waals surface area contributed by atoms with Crippen LogP contribution in [0, 0.1) is 6.92 Å². The maximum atomic E-state index is 11.7. The van der Waals surface area contributed by atoms with E-state index in [9.17, 15) is 4.79 Å². The van der Waals surface area contributed by atoms with Gasteiger partial charge >= 0.3 is 5.97 Å². The van der Waals surface area contributed by atoms with E-state index in [0.29, 0.717) is 12.3 Å². The minimum absolute atomic E-state index is 0.133. The van der Waals surface area contributed by atoms with Crippen LogP contribution < -0.4 is 5.73 Å². The highest BCUT2D eigenvalue weighted by Gasteiger charge is 2.18. The van der Waals surface area contributed by atoms with Crippen LogP contribution in [-0.4, -0.2) is 23.9 Å². The Hall–Kier alpha value is -1.00. The Bertz CT molecular complexity index is 409. The quantitative estimate of drug-likeness (QED) is 0.843. The van der Waals surface area contributed by atoms with Gasteiger partial charge in [0, 0.05) is 11.8 Å². The highest BCUT2D eigenvalue weighted by atomic mass is 32.2. The number of esters is 1. The second-order valence-corrected chi connectivity index (χ2v) is 6.72. The summed E-state index contributed by atoms with van der Waals surface area (Å²) in [4.78, 5) is 11.7. The Labute approximate surface area is 119 Å². The number of aryl methyl sites for hydroxylation is 1. The number of hydrogen-bond donors (Lipinski definition) is 1. The number of carbonyl (C=O) groups is 1. The van der Waals surface area contributed by atoms with Gasteiger partial charge in [0.05, 0.1) is 5.75 Å². The first-order chi connectivity index (χ1) is 8.81. The van der Waals surface area contributed by atoms with Crippen molar-refractivity contribution in [1.82, 2.24) is 0 Å². The lowest BCUT2D eigenvalue weighted by Gasteiger charge is -2.20. The predicted octanol–water partition coefficient (Wildman–Crippen LogP) is 3.07. The summed E-state index contributed by atoms with van der Waals surface area (Å²) >= 11 is 1.53. The molecule has 2 N–H and O–H groups in total. The Balaban J connectivity index is 2.54. The summed E-state index contributed by atoms with van der Waals surface area (Å²) in [5.74, 6) is 0.135. The molecule has 0 amide bonds. The van der Waals surface area contributed by atoms with E-state index in [-0.39, 0.29) is 11.2 Å². The molecule has 0 spiro atoms. The van der Waals surface area contributed by atoms with Crippen LogP contribution in [0.2, 0.25) is 0 Å². The Morgan fingerprint density at radius 2 is 1.89 bits per heavy atom. The summed E-state index contributed by atoms with van der Waals surface area (Å²) < 4.78 is 5.29. The average Bonchev–Trinajstić information content (AvgIpc) is 2.29. The van der Waals surface area contributed by atoms with Gasteiger partial charge in [-0.1, -0.05) is 29.8 Å². The fourth-order valence-electron chi connectivity index (χ4n) is 1.62. The molecule has 4 heteroatoms. The van der Waals surface area contributed by atoms with Crippen LogP contribution in [0.5, 0.6) is 0 Å². The number of thioether (sulfide) groups is 1. The minimum atomic E-state index is -0.431. The van der Waals surface area contributed by atoms with Crippen LogP contribution in [0.1, 0.15) is 37.1 Å². The Morgan fingerprint density at radius 1 is 1.32 bits per heavy atom. The lowest BCUT2D eigenvalue weighted by molar-refractivity contribution is -0.151. The van der Waals surface area contributed by atoms with Gasteiger partial charge in [-0.25, -0.2) is 0 Å². The summed E-state index contributed by atoms with van der Waals surface area (Å²) in [5, 5.41) is 0.133. The standard InChI is InChI=1S/C15H23NO2S/c1-11-5-7-12(8-6-11)13(9-16)19-10-14(17)18-15(2,3)4/h5-8,13H,9-10,16H2,1-4H3. The molecule has 1 rings (SSSR count). The van der Waals surface area contributed by atoms with Crippen molar-refractivity contribution in [2.75, 3.05) is 12.3 Å². The summed E-state index contributed by atoms with van der Waals surface area (Å²) in [6.45, 7) is 8.17. The molecule has 0 aromatic heterocycles. The number of rotatable bonds is 5. The molecule has 0 saturated carbocycles. The van der Waals surface area contributed by atoms with Crippen LogP contribution in [0.4, 0.5) is 0 Å². The molecule has 0 saturated heterocycles. The Morgan fingerprint density at radius 3 is 2.37 bits per heavy atom. The van der Waals surface area contributed by atoms with Crippen molar-refractivity contribution in [1.29, 1.82) is 0 Å². The van der Waals surface area contributed by atoms with Gasteiger partial charge in [0.2, 0.25) is 0 Å². The summed E-state index contributed by atoms with van der Waals surface area (Å²) in [7, 11) is 0. The summed E-state index contributed by atoms with van der Waals surface area (Å²) in [6, 6.07) is 8.25. The molecule has 0 bridgehead atoms. The molecule has 106 valence electrons. The van der Waals surface area contributed by atoms with E-state index >= 15 is 0 Å².